The van der Waals surface area contributed by atoms with Crippen LogP contribution in [0.3, 0.4) is 0 Å². The standard InChI is InChI=1S/C19H25N3/c1-18(2,3)14-8-9-15(19(4,5)6)16(12-14)22-13-17-20-10-7-11-21-17/h7-13H,1-6H3. The lowest BCUT2D eigenvalue weighted by Gasteiger charge is -2.25. The molecular formula is C19H25N3. The van der Waals surface area contributed by atoms with E-state index in [1.54, 1.807) is 24.7 Å². The number of aliphatic imine (C=N–C) groups is 1. The molecule has 1 aromatic carbocycles. The molecule has 0 aliphatic heterocycles. The summed E-state index contributed by atoms with van der Waals surface area (Å²) in [6.07, 6.45) is 5.19. The van der Waals surface area contributed by atoms with Gasteiger partial charge in [-0.2, -0.15) is 0 Å². The molecule has 0 saturated heterocycles. The van der Waals surface area contributed by atoms with Crippen LogP contribution in [-0.4, -0.2) is 16.2 Å². The van der Waals surface area contributed by atoms with Gasteiger partial charge in [-0.3, -0.25) is 4.99 Å². The van der Waals surface area contributed by atoms with Crippen LogP contribution in [0.25, 0.3) is 0 Å². The lowest BCUT2D eigenvalue weighted by molar-refractivity contribution is 0.578. The van der Waals surface area contributed by atoms with Gasteiger partial charge in [0.1, 0.15) is 0 Å². The summed E-state index contributed by atoms with van der Waals surface area (Å²) < 4.78 is 0. The van der Waals surface area contributed by atoms with Gasteiger partial charge in [0.25, 0.3) is 0 Å². The Morgan fingerprint density at radius 1 is 0.909 bits per heavy atom. The van der Waals surface area contributed by atoms with Crippen molar-refractivity contribution >= 4 is 11.9 Å². The minimum Gasteiger partial charge on any atom is -0.253 e. The highest BCUT2D eigenvalue weighted by Crippen LogP contribution is 2.35. The summed E-state index contributed by atoms with van der Waals surface area (Å²) in [7, 11) is 0. The lowest BCUT2D eigenvalue weighted by Crippen LogP contribution is -2.15. The van der Waals surface area contributed by atoms with E-state index in [0.717, 1.165) is 5.69 Å². The predicted octanol–water partition coefficient (Wildman–Crippen LogP) is 4.82. The predicted molar refractivity (Wildman–Crippen MR) is 93.1 cm³/mol. The van der Waals surface area contributed by atoms with E-state index >= 15 is 0 Å². The zero-order valence-electron chi connectivity index (χ0n) is 14.4. The van der Waals surface area contributed by atoms with E-state index in [4.69, 9.17) is 0 Å². The van der Waals surface area contributed by atoms with Crippen LogP contribution in [0.5, 0.6) is 0 Å². The molecule has 0 amide bonds. The summed E-state index contributed by atoms with van der Waals surface area (Å²) >= 11 is 0. The van der Waals surface area contributed by atoms with Crippen LogP contribution in [0.2, 0.25) is 0 Å². The van der Waals surface area contributed by atoms with Gasteiger partial charge in [-0.1, -0.05) is 53.7 Å². The first-order valence-corrected chi connectivity index (χ1v) is 7.64. The minimum absolute atomic E-state index is 0.0423. The Morgan fingerprint density at radius 3 is 2.09 bits per heavy atom. The summed E-state index contributed by atoms with van der Waals surface area (Å²) in [4.78, 5) is 13.1. The first-order chi connectivity index (χ1) is 10.2. The molecule has 0 unspecified atom stereocenters. The number of hydrogen-bond donors (Lipinski definition) is 0. The van der Waals surface area contributed by atoms with Gasteiger partial charge < -0.3 is 0 Å². The van der Waals surface area contributed by atoms with Crippen LogP contribution in [0.4, 0.5) is 5.69 Å². The quantitative estimate of drug-likeness (QED) is 0.745. The van der Waals surface area contributed by atoms with Crippen molar-refractivity contribution in [2.45, 2.75) is 52.4 Å². The summed E-state index contributed by atoms with van der Waals surface area (Å²) in [6.45, 7) is 13.3. The zero-order valence-corrected chi connectivity index (χ0v) is 14.4. The van der Waals surface area contributed by atoms with Gasteiger partial charge in [-0.15, -0.1) is 0 Å². The molecule has 3 nitrogen and oxygen atoms in total. The highest BCUT2D eigenvalue weighted by atomic mass is 14.9. The van der Waals surface area contributed by atoms with Gasteiger partial charge in [0.2, 0.25) is 0 Å². The fraction of sp³-hybridized carbons (Fsp3) is 0.421. The maximum absolute atomic E-state index is 4.67. The van der Waals surface area contributed by atoms with Crippen molar-refractivity contribution in [1.82, 2.24) is 9.97 Å². The highest BCUT2D eigenvalue weighted by Gasteiger charge is 2.21. The van der Waals surface area contributed by atoms with Crippen molar-refractivity contribution in [2.75, 3.05) is 0 Å². The molecule has 0 atom stereocenters. The molecule has 0 aliphatic rings. The van der Waals surface area contributed by atoms with Gasteiger partial charge in [0, 0.05) is 12.4 Å². The minimum atomic E-state index is 0.0423. The molecule has 0 aliphatic carbocycles. The zero-order chi connectivity index (χ0) is 16.4. The van der Waals surface area contributed by atoms with Gasteiger partial charge in [-0.25, -0.2) is 9.97 Å². The Bertz CT molecular complexity index is 659. The summed E-state index contributed by atoms with van der Waals surface area (Å²) in [5, 5.41) is 0. The fourth-order valence-corrected chi connectivity index (χ4v) is 2.24. The molecule has 1 aromatic heterocycles. The van der Waals surface area contributed by atoms with E-state index in [1.807, 2.05) is 0 Å². The smallest absolute Gasteiger partial charge is 0.170 e. The number of hydrogen-bond acceptors (Lipinski definition) is 3. The molecule has 1 heterocycles. The molecule has 2 rings (SSSR count). The molecule has 3 heteroatoms. The molecule has 22 heavy (non-hydrogen) atoms. The van der Waals surface area contributed by atoms with Crippen LogP contribution in [0, 0.1) is 0 Å². The maximum atomic E-state index is 4.67. The molecule has 0 fully saturated rings. The Labute approximate surface area is 133 Å². The Balaban J connectivity index is 2.48. The van der Waals surface area contributed by atoms with E-state index in [2.05, 4.69) is 74.7 Å². The molecule has 2 aromatic rings. The fourth-order valence-electron chi connectivity index (χ4n) is 2.24. The molecule has 0 spiro atoms. The van der Waals surface area contributed by atoms with Crippen LogP contribution in [0.15, 0.2) is 41.7 Å². The van der Waals surface area contributed by atoms with E-state index in [-0.39, 0.29) is 10.8 Å². The Morgan fingerprint density at radius 2 is 1.55 bits per heavy atom. The topological polar surface area (TPSA) is 38.1 Å². The first-order valence-electron chi connectivity index (χ1n) is 7.64. The van der Waals surface area contributed by atoms with E-state index < -0.39 is 0 Å². The maximum Gasteiger partial charge on any atom is 0.170 e. The van der Waals surface area contributed by atoms with Crippen LogP contribution >= 0.6 is 0 Å². The van der Waals surface area contributed by atoms with Crippen molar-refractivity contribution in [1.29, 1.82) is 0 Å². The molecule has 0 bridgehead atoms. The number of nitrogens with zero attached hydrogens (tertiary/aromatic N) is 3. The van der Waals surface area contributed by atoms with Crippen LogP contribution < -0.4 is 0 Å². The van der Waals surface area contributed by atoms with Gasteiger partial charge in [0.05, 0.1) is 11.9 Å². The lowest BCUT2D eigenvalue weighted by atomic mass is 9.81. The molecule has 0 radical (unpaired) electrons. The van der Waals surface area contributed by atoms with Gasteiger partial charge in [0.15, 0.2) is 5.82 Å². The summed E-state index contributed by atoms with van der Waals surface area (Å²) in [6, 6.07) is 8.38. The molecule has 0 saturated carbocycles. The molecular weight excluding hydrogens is 270 g/mol. The second-order valence-corrected chi connectivity index (χ2v) is 7.60. The Kier molecular flexibility index (Phi) is 4.45. The number of rotatable bonds is 2. The summed E-state index contributed by atoms with van der Waals surface area (Å²) in [5.41, 5.74) is 3.64. The third-order valence-corrected chi connectivity index (χ3v) is 3.58. The SMILES string of the molecule is CC(C)(C)c1ccc(C(C)(C)C)c(N=Cc2ncccn2)c1. The van der Waals surface area contributed by atoms with E-state index in [1.165, 1.54) is 11.1 Å². The average Bonchev–Trinajstić information content (AvgIpc) is 2.44. The first kappa shape index (κ1) is 16.3. The third kappa shape index (κ3) is 4.00. The van der Waals surface area contributed by atoms with Crippen molar-refractivity contribution in [3.63, 3.8) is 0 Å². The highest BCUT2D eigenvalue weighted by molar-refractivity contribution is 5.78. The Hall–Kier alpha value is -2.03. The van der Waals surface area contributed by atoms with E-state index in [0.29, 0.717) is 5.82 Å². The third-order valence-electron chi connectivity index (χ3n) is 3.58. The largest absolute Gasteiger partial charge is 0.253 e. The van der Waals surface area contributed by atoms with Crippen molar-refractivity contribution in [3.05, 3.63) is 53.6 Å². The van der Waals surface area contributed by atoms with Crippen molar-refractivity contribution < 1.29 is 0 Å². The number of aromatic nitrogens is 2. The van der Waals surface area contributed by atoms with Crippen molar-refractivity contribution in [2.24, 2.45) is 4.99 Å². The second kappa shape index (κ2) is 5.99. The molecule has 116 valence electrons. The monoisotopic (exact) mass is 295 g/mol. The second-order valence-electron chi connectivity index (χ2n) is 7.60. The average molecular weight is 295 g/mol. The van der Waals surface area contributed by atoms with Gasteiger partial charge in [-0.05, 0) is 34.1 Å². The normalized spacial score (nSPS) is 12.8. The van der Waals surface area contributed by atoms with Crippen LogP contribution in [-0.2, 0) is 10.8 Å². The number of benzene rings is 1. The van der Waals surface area contributed by atoms with Crippen LogP contribution in [0.1, 0.15) is 58.5 Å². The summed E-state index contributed by atoms with van der Waals surface area (Å²) in [5.74, 6) is 0.628. The van der Waals surface area contributed by atoms with Gasteiger partial charge >= 0.3 is 0 Å². The molecule has 0 N–H and O–H groups in total. The van der Waals surface area contributed by atoms with Crippen molar-refractivity contribution in [3.8, 4) is 0 Å². The van der Waals surface area contributed by atoms with E-state index in [9.17, 15) is 0 Å².